The van der Waals surface area contributed by atoms with E-state index in [-0.39, 0.29) is 18.1 Å². The summed E-state index contributed by atoms with van der Waals surface area (Å²) in [4.78, 5) is 16.7. The molecule has 0 atom stereocenters. The number of hydrogen-bond acceptors (Lipinski definition) is 3. The SMILES string of the molecule is Cc1cccc(CN2CCN(CC(=O)Nc3cc(Cl)ccc3F)CC2)c1. The molecule has 2 aromatic rings. The van der Waals surface area contributed by atoms with Crippen LogP contribution < -0.4 is 5.32 Å². The van der Waals surface area contributed by atoms with Gasteiger partial charge >= 0.3 is 0 Å². The van der Waals surface area contributed by atoms with E-state index in [1.807, 2.05) is 0 Å². The van der Waals surface area contributed by atoms with E-state index in [0.717, 1.165) is 32.7 Å². The number of hydrogen-bond donors (Lipinski definition) is 1. The number of nitrogens with zero attached hydrogens (tertiary/aromatic N) is 2. The first-order chi connectivity index (χ1) is 12.5. The normalized spacial score (nSPS) is 15.8. The van der Waals surface area contributed by atoms with Crippen LogP contribution in [0.25, 0.3) is 0 Å². The predicted octanol–water partition coefficient (Wildman–Crippen LogP) is 3.54. The van der Waals surface area contributed by atoms with Gasteiger partial charge in [-0.05, 0) is 30.7 Å². The first-order valence-electron chi connectivity index (χ1n) is 8.75. The molecule has 0 spiro atoms. The Balaban J connectivity index is 1.46. The summed E-state index contributed by atoms with van der Waals surface area (Å²) < 4.78 is 13.7. The highest BCUT2D eigenvalue weighted by Crippen LogP contribution is 2.19. The van der Waals surface area contributed by atoms with E-state index in [4.69, 9.17) is 11.6 Å². The second kappa shape index (κ2) is 8.62. The molecule has 3 rings (SSSR count). The van der Waals surface area contributed by atoms with Crippen LogP contribution in [-0.2, 0) is 11.3 Å². The zero-order valence-electron chi connectivity index (χ0n) is 14.8. The second-order valence-electron chi connectivity index (χ2n) is 6.71. The zero-order chi connectivity index (χ0) is 18.5. The van der Waals surface area contributed by atoms with Crippen LogP contribution in [0.15, 0.2) is 42.5 Å². The Morgan fingerprint density at radius 3 is 2.58 bits per heavy atom. The molecule has 0 saturated carbocycles. The van der Waals surface area contributed by atoms with Crippen molar-refractivity contribution in [1.82, 2.24) is 9.80 Å². The number of halogens is 2. The number of aryl methyl sites for hydroxylation is 1. The van der Waals surface area contributed by atoms with Crippen molar-refractivity contribution in [3.05, 3.63) is 64.4 Å². The predicted molar refractivity (Wildman–Crippen MR) is 103 cm³/mol. The number of carbonyl (C=O) groups is 1. The summed E-state index contributed by atoms with van der Waals surface area (Å²) in [5.74, 6) is -0.705. The lowest BCUT2D eigenvalue weighted by Gasteiger charge is -2.34. The molecule has 1 amide bonds. The molecule has 0 aliphatic carbocycles. The van der Waals surface area contributed by atoms with Gasteiger partial charge in [-0.1, -0.05) is 41.4 Å². The van der Waals surface area contributed by atoms with Crippen LogP contribution in [0, 0.1) is 12.7 Å². The second-order valence-corrected chi connectivity index (χ2v) is 7.15. The largest absolute Gasteiger partial charge is 0.322 e. The molecule has 0 aromatic heterocycles. The molecule has 0 bridgehead atoms. The molecule has 1 aliphatic heterocycles. The fourth-order valence-corrected chi connectivity index (χ4v) is 3.33. The number of amides is 1. The van der Waals surface area contributed by atoms with Gasteiger partial charge in [-0.3, -0.25) is 14.6 Å². The highest BCUT2D eigenvalue weighted by molar-refractivity contribution is 6.30. The van der Waals surface area contributed by atoms with Crippen molar-refractivity contribution in [2.75, 3.05) is 38.0 Å². The van der Waals surface area contributed by atoms with Crippen molar-refractivity contribution in [3.63, 3.8) is 0 Å². The van der Waals surface area contributed by atoms with E-state index in [2.05, 4.69) is 46.3 Å². The third-order valence-electron chi connectivity index (χ3n) is 4.52. The van der Waals surface area contributed by atoms with E-state index in [9.17, 15) is 9.18 Å². The van der Waals surface area contributed by atoms with Gasteiger partial charge in [-0.2, -0.15) is 0 Å². The number of anilines is 1. The van der Waals surface area contributed by atoms with Crippen molar-refractivity contribution >= 4 is 23.2 Å². The summed E-state index contributed by atoms with van der Waals surface area (Å²) in [7, 11) is 0. The molecule has 4 nitrogen and oxygen atoms in total. The number of nitrogens with one attached hydrogen (secondary N) is 1. The van der Waals surface area contributed by atoms with Gasteiger partial charge in [-0.15, -0.1) is 0 Å². The third-order valence-corrected chi connectivity index (χ3v) is 4.76. The van der Waals surface area contributed by atoms with Crippen LogP contribution in [0.3, 0.4) is 0 Å². The minimum absolute atomic E-state index is 0.126. The average molecular weight is 376 g/mol. The highest BCUT2D eigenvalue weighted by atomic mass is 35.5. The summed E-state index contributed by atoms with van der Waals surface area (Å²) in [6.07, 6.45) is 0. The molecule has 138 valence electrons. The monoisotopic (exact) mass is 375 g/mol. The summed E-state index contributed by atoms with van der Waals surface area (Å²) in [6, 6.07) is 12.7. The summed E-state index contributed by atoms with van der Waals surface area (Å²) in [5.41, 5.74) is 2.71. The molecule has 1 fully saturated rings. The standard InChI is InChI=1S/C20H23ClFN3O/c1-15-3-2-4-16(11-15)13-24-7-9-25(10-8-24)14-20(26)23-19-12-17(21)5-6-18(19)22/h2-6,11-12H,7-10,13-14H2,1H3,(H,23,26). The summed E-state index contributed by atoms with van der Waals surface area (Å²) in [5, 5.41) is 3.00. The number of piperazine rings is 1. The van der Waals surface area contributed by atoms with E-state index in [0.29, 0.717) is 5.02 Å². The Morgan fingerprint density at radius 1 is 1.12 bits per heavy atom. The van der Waals surface area contributed by atoms with Gasteiger partial charge in [0.2, 0.25) is 5.91 Å². The number of rotatable bonds is 5. The van der Waals surface area contributed by atoms with Crippen molar-refractivity contribution in [3.8, 4) is 0 Å². The Hall–Kier alpha value is -1.95. The molecule has 2 aromatic carbocycles. The molecule has 0 radical (unpaired) electrons. The lowest BCUT2D eigenvalue weighted by Crippen LogP contribution is -2.48. The average Bonchev–Trinajstić information content (AvgIpc) is 2.60. The van der Waals surface area contributed by atoms with Gasteiger partial charge in [0.15, 0.2) is 0 Å². The van der Waals surface area contributed by atoms with Crippen LogP contribution in [0.4, 0.5) is 10.1 Å². The molecular formula is C20H23ClFN3O. The number of carbonyl (C=O) groups excluding carboxylic acids is 1. The van der Waals surface area contributed by atoms with Gasteiger partial charge < -0.3 is 5.32 Å². The van der Waals surface area contributed by atoms with Crippen LogP contribution in [0.1, 0.15) is 11.1 Å². The van der Waals surface area contributed by atoms with Crippen molar-refractivity contribution in [2.45, 2.75) is 13.5 Å². The van der Waals surface area contributed by atoms with Gasteiger partial charge in [0, 0.05) is 37.7 Å². The van der Waals surface area contributed by atoms with E-state index >= 15 is 0 Å². The third kappa shape index (κ3) is 5.27. The summed E-state index contributed by atoms with van der Waals surface area (Å²) in [6.45, 7) is 6.73. The maximum absolute atomic E-state index is 13.7. The van der Waals surface area contributed by atoms with Crippen LogP contribution >= 0.6 is 11.6 Å². The Kier molecular flexibility index (Phi) is 6.25. The van der Waals surface area contributed by atoms with Gasteiger partial charge in [0.1, 0.15) is 5.82 Å². The Bertz CT molecular complexity index is 775. The quantitative estimate of drug-likeness (QED) is 0.868. The Morgan fingerprint density at radius 2 is 1.85 bits per heavy atom. The minimum atomic E-state index is -0.481. The van der Waals surface area contributed by atoms with Gasteiger partial charge in [0.25, 0.3) is 0 Å². The molecule has 6 heteroatoms. The van der Waals surface area contributed by atoms with Crippen LogP contribution in [0.2, 0.25) is 5.02 Å². The first-order valence-corrected chi connectivity index (χ1v) is 9.12. The summed E-state index contributed by atoms with van der Waals surface area (Å²) >= 11 is 5.85. The Labute approximate surface area is 158 Å². The van der Waals surface area contributed by atoms with Crippen molar-refractivity contribution in [2.24, 2.45) is 0 Å². The fourth-order valence-electron chi connectivity index (χ4n) is 3.16. The van der Waals surface area contributed by atoms with E-state index in [1.165, 1.54) is 29.3 Å². The first kappa shape index (κ1) is 18.8. The zero-order valence-corrected chi connectivity index (χ0v) is 15.6. The maximum Gasteiger partial charge on any atom is 0.238 e. The minimum Gasteiger partial charge on any atom is -0.322 e. The molecule has 1 aliphatic rings. The van der Waals surface area contributed by atoms with Crippen LogP contribution in [0.5, 0.6) is 0 Å². The molecule has 0 unspecified atom stereocenters. The molecular weight excluding hydrogens is 353 g/mol. The molecule has 1 heterocycles. The van der Waals surface area contributed by atoms with Gasteiger partial charge in [-0.25, -0.2) is 4.39 Å². The van der Waals surface area contributed by atoms with Crippen molar-refractivity contribution in [1.29, 1.82) is 0 Å². The highest BCUT2D eigenvalue weighted by Gasteiger charge is 2.19. The van der Waals surface area contributed by atoms with E-state index in [1.54, 1.807) is 0 Å². The maximum atomic E-state index is 13.7. The lowest BCUT2D eigenvalue weighted by molar-refractivity contribution is -0.117. The topological polar surface area (TPSA) is 35.6 Å². The number of benzene rings is 2. The van der Waals surface area contributed by atoms with Crippen LogP contribution in [-0.4, -0.2) is 48.4 Å². The lowest BCUT2D eigenvalue weighted by atomic mass is 10.1. The van der Waals surface area contributed by atoms with E-state index < -0.39 is 5.82 Å². The molecule has 1 N–H and O–H groups in total. The molecule has 26 heavy (non-hydrogen) atoms. The smallest absolute Gasteiger partial charge is 0.238 e. The van der Waals surface area contributed by atoms with Crippen molar-refractivity contribution < 1.29 is 9.18 Å². The van der Waals surface area contributed by atoms with Gasteiger partial charge in [0.05, 0.1) is 12.2 Å². The molecule has 1 saturated heterocycles. The fraction of sp³-hybridized carbons (Fsp3) is 0.350.